The third kappa shape index (κ3) is 3.69. The third-order valence-corrected chi connectivity index (χ3v) is 5.75. The molecule has 2 heterocycles. The van der Waals surface area contributed by atoms with Gasteiger partial charge < -0.3 is 9.80 Å². The molecule has 5 heteroatoms. The van der Waals surface area contributed by atoms with Crippen molar-refractivity contribution in [3.8, 4) is 0 Å². The molecule has 0 atom stereocenters. The molecule has 0 aromatic carbocycles. The number of aryl methyl sites for hydroxylation is 1. The van der Waals surface area contributed by atoms with Crippen molar-refractivity contribution in [2.24, 2.45) is 5.92 Å². The second-order valence-electron chi connectivity index (χ2n) is 6.27. The molecule has 3 rings (SSSR count). The zero-order chi connectivity index (χ0) is 15.4. The normalized spacial score (nSPS) is 19.6. The van der Waals surface area contributed by atoms with Gasteiger partial charge in [0, 0.05) is 43.4 Å². The molecule has 1 aliphatic carbocycles. The van der Waals surface area contributed by atoms with Crippen molar-refractivity contribution < 1.29 is 9.59 Å². The summed E-state index contributed by atoms with van der Waals surface area (Å²) < 4.78 is 0. The van der Waals surface area contributed by atoms with Crippen LogP contribution in [-0.2, 0) is 16.0 Å². The van der Waals surface area contributed by atoms with E-state index in [1.165, 1.54) is 17.7 Å². The number of hydrogen-bond donors (Lipinski definition) is 0. The first-order valence-corrected chi connectivity index (χ1v) is 9.21. The third-order valence-electron chi connectivity index (χ3n) is 4.81. The van der Waals surface area contributed by atoms with Gasteiger partial charge in [-0.15, -0.1) is 11.3 Å². The molecule has 120 valence electrons. The lowest BCUT2D eigenvalue weighted by Gasteiger charge is -2.36. The number of nitrogens with zero attached hydrogens (tertiary/aromatic N) is 2. The Bertz CT molecular complexity index is 501. The van der Waals surface area contributed by atoms with E-state index in [-0.39, 0.29) is 11.8 Å². The fourth-order valence-electron chi connectivity index (χ4n) is 3.45. The number of thiophene rings is 1. The Hall–Kier alpha value is -1.36. The zero-order valence-corrected chi connectivity index (χ0v) is 13.8. The summed E-state index contributed by atoms with van der Waals surface area (Å²) in [6.07, 6.45) is 5.90. The van der Waals surface area contributed by atoms with Gasteiger partial charge in [0.15, 0.2) is 0 Å². The molecular formula is C17H24N2O2S. The van der Waals surface area contributed by atoms with Gasteiger partial charge in [-0.2, -0.15) is 0 Å². The highest BCUT2D eigenvalue weighted by Gasteiger charge is 2.30. The summed E-state index contributed by atoms with van der Waals surface area (Å²) in [5.41, 5.74) is 0. The van der Waals surface area contributed by atoms with E-state index in [0.717, 1.165) is 19.3 Å². The number of carbonyl (C=O) groups excluding carboxylic acids is 2. The summed E-state index contributed by atoms with van der Waals surface area (Å²) in [6, 6.07) is 4.11. The first-order chi connectivity index (χ1) is 10.7. The molecule has 1 saturated carbocycles. The van der Waals surface area contributed by atoms with Crippen LogP contribution in [0.1, 0.15) is 37.0 Å². The lowest BCUT2D eigenvalue weighted by molar-refractivity contribution is -0.142. The topological polar surface area (TPSA) is 40.6 Å². The molecule has 1 aromatic heterocycles. The number of carbonyl (C=O) groups is 2. The minimum absolute atomic E-state index is 0.223. The first-order valence-electron chi connectivity index (χ1n) is 8.33. The molecule has 0 unspecified atom stereocenters. The summed E-state index contributed by atoms with van der Waals surface area (Å²) in [4.78, 5) is 29.8. The molecule has 2 fully saturated rings. The van der Waals surface area contributed by atoms with E-state index in [1.807, 2.05) is 21.2 Å². The van der Waals surface area contributed by atoms with Crippen molar-refractivity contribution in [1.29, 1.82) is 0 Å². The summed E-state index contributed by atoms with van der Waals surface area (Å²) in [5, 5.41) is 2.05. The van der Waals surface area contributed by atoms with Crippen LogP contribution in [0.2, 0.25) is 0 Å². The second-order valence-corrected chi connectivity index (χ2v) is 7.30. The molecule has 1 saturated heterocycles. The van der Waals surface area contributed by atoms with Crippen LogP contribution in [0.25, 0.3) is 0 Å². The average Bonchev–Trinajstić information content (AvgIpc) is 3.25. The zero-order valence-electron chi connectivity index (χ0n) is 13.0. The summed E-state index contributed by atoms with van der Waals surface area (Å²) in [7, 11) is 0. The Morgan fingerprint density at radius 3 is 2.41 bits per heavy atom. The van der Waals surface area contributed by atoms with Crippen LogP contribution in [-0.4, -0.2) is 47.8 Å². The van der Waals surface area contributed by atoms with Crippen LogP contribution in [0.3, 0.4) is 0 Å². The largest absolute Gasteiger partial charge is 0.339 e. The highest BCUT2D eigenvalue weighted by Crippen LogP contribution is 2.27. The van der Waals surface area contributed by atoms with Crippen LogP contribution in [0, 0.1) is 5.92 Å². The minimum Gasteiger partial charge on any atom is -0.339 e. The summed E-state index contributed by atoms with van der Waals surface area (Å²) >= 11 is 1.71. The van der Waals surface area contributed by atoms with Gasteiger partial charge in [-0.05, 0) is 30.7 Å². The van der Waals surface area contributed by atoms with E-state index in [2.05, 4.69) is 6.07 Å². The van der Waals surface area contributed by atoms with Crippen molar-refractivity contribution in [3.05, 3.63) is 22.4 Å². The fraction of sp³-hybridized carbons (Fsp3) is 0.647. The van der Waals surface area contributed by atoms with Crippen LogP contribution in [0.4, 0.5) is 0 Å². The van der Waals surface area contributed by atoms with Gasteiger partial charge >= 0.3 is 0 Å². The van der Waals surface area contributed by atoms with Gasteiger partial charge in [0.1, 0.15) is 0 Å². The van der Waals surface area contributed by atoms with Crippen molar-refractivity contribution >= 4 is 23.2 Å². The Morgan fingerprint density at radius 1 is 1.09 bits per heavy atom. The van der Waals surface area contributed by atoms with Gasteiger partial charge in [0.2, 0.25) is 11.8 Å². The predicted octanol–water partition coefficient (Wildman–Crippen LogP) is 2.54. The fourth-order valence-corrected chi connectivity index (χ4v) is 4.16. The van der Waals surface area contributed by atoms with Crippen LogP contribution >= 0.6 is 11.3 Å². The van der Waals surface area contributed by atoms with Crippen molar-refractivity contribution in [2.45, 2.75) is 38.5 Å². The molecule has 0 radical (unpaired) electrons. The van der Waals surface area contributed by atoms with Gasteiger partial charge in [-0.3, -0.25) is 9.59 Å². The average molecular weight is 320 g/mol. The molecule has 0 bridgehead atoms. The van der Waals surface area contributed by atoms with Gasteiger partial charge in [0.25, 0.3) is 0 Å². The number of piperazine rings is 1. The molecule has 4 nitrogen and oxygen atoms in total. The van der Waals surface area contributed by atoms with Gasteiger partial charge in [0.05, 0.1) is 0 Å². The monoisotopic (exact) mass is 320 g/mol. The van der Waals surface area contributed by atoms with Gasteiger partial charge in [-0.25, -0.2) is 0 Å². The quantitative estimate of drug-likeness (QED) is 0.855. The maximum Gasteiger partial charge on any atom is 0.225 e. The standard InChI is InChI=1S/C17H24N2O2S/c20-16(8-7-15-6-3-13-22-15)18-9-11-19(12-10-18)17(21)14-4-1-2-5-14/h3,6,13-14H,1-2,4-5,7-12H2. The molecule has 22 heavy (non-hydrogen) atoms. The summed E-state index contributed by atoms with van der Waals surface area (Å²) in [5.74, 6) is 0.797. The summed E-state index contributed by atoms with van der Waals surface area (Å²) in [6.45, 7) is 2.81. The molecule has 0 N–H and O–H groups in total. The molecule has 2 amide bonds. The van der Waals surface area contributed by atoms with Crippen LogP contribution < -0.4 is 0 Å². The molecular weight excluding hydrogens is 296 g/mol. The minimum atomic E-state index is 0.223. The predicted molar refractivity (Wildman–Crippen MR) is 87.8 cm³/mol. The first kappa shape index (κ1) is 15.5. The van der Waals surface area contributed by atoms with Crippen LogP contribution in [0.15, 0.2) is 17.5 Å². The molecule has 2 aliphatic rings. The van der Waals surface area contributed by atoms with Gasteiger partial charge in [-0.1, -0.05) is 18.9 Å². The number of hydrogen-bond acceptors (Lipinski definition) is 3. The highest BCUT2D eigenvalue weighted by atomic mass is 32.1. The maximum atomic E-state index is 12.4. The molecule has 0 spiro atoms. The lowest BCUT2D eigenvalue weighted by Crippen LogP contribution is -2.51. The van der Waals surface area contributed by atoms with Crippen molar-refractivity contribution in [2.75, 3.05) is 26.2 Å². The molecule has 1 aromatic rings. The van der Waals surface area contributed by atoms with E-state index in [0.29, 0.717) is 38.5 Å². The van der Waals surface area contributed by atoms with E-state index >= 15 is 0 Å². The lowest BCUT2D eigenvalue weighted by atomic mass is 10.1. The Labute approximate surface area is 136 Å². The highest BCUT2D eigenvalue weighted by molar-refractivity contribution is 7.09. The van der Waals surface area contributed by atoms with Crippen molar-refractivity contribution in [3.63, 3.8) is 0 Å². The SMILES string of the molecule is O=C(CCc1cccs1)N1CCN(C(=O)C2CCCC2)CC1. The van der Waals surface area contributed by atoms with E-state index in [9.17, 15) is 9.59 Å². The maximum absolute atomic E-state index is 12.4. The second kappa shape index (κ2) is 7.27. The Morgan fingerprint density at radius 2 is 1.77 bits per heavy atom. The molecule has 1 aliphatic heterocycles. The van der Waals surface area contributed by atoms with E-state index in [4.69, 9.17) is 0 Å². The Balaban J connectivity index is 1.42. The van der Waals surface area contributed by atoms with E-state index in [1.54, 1.807) is 11.3 Å². The number of amides is 2. The Kier molecular flexibility index (Phi) is 5.13. The van der Waals surface area contributed by atoms with Crippen molar-refractivity contribution in [1.82, 2.24) is 9.80 Å². The van der Waals surface area contributed by atoms with E-state index < -0.39 is 0 Å². The smallest absolute Gasteiger partial charge is 0.225 e. The van der Waals surface area contributed by atoms with Crippen LogP contribution in [0.5, 0.6) is 0 Å². The number of rotatable bonds is 4.